The van der Waals surface area contributed by atoms with Crippen LogP contribution >= 0.6 is 0 Å². The number of carbonyl (C=O) groups excluding carboxylic acids is 1. The van der Waals surface area contributed by atoms with Crippen LogP contribution in [-0.4, -0.2) is 12.5 Å². The zero-order chi connectivity index (χ0) is 10.1. The first-order chi connectivity index (χ1) is 6.68. The van der Waals surface area contributed by atoms with E-state index in [9.17, 15) is 4.79 Å². The van der Waals surface area contributed by atoms with Crippen molar-refractivity contribution in [2.45, 2.75) is 20.3 Å². The number of ether oxygens (including phenoxy) is 1. The van der Waals surface area contributed by atoms with Crippen LogP contribution in [0.5, 0.6) is 5.75 Å². The van der Waals surface area contributed by atoms with E-state index in [0.29, 0.717) is 13.0 Å². The van der Waals surface area contributed by atoms with Crippen molar-refractivity contribution in [3.05, 3.63) is 23.3 Å². The number of fused-ring (bicyclic) bond motifs is 1. The average Bonchev–Trinajstić information content (AvgIpc) is 2.34. The second-order valence-corrected chi connectivity index (χ2v) is 3.55. The van der Waals surface area contributed by atoms with Crippen molar-refractivity contribution in [3.63, 3.8) is 0 Å². The summed E-state index contributed by atoms with van der Waals surface area (Å²) in [5, 5.41) is 2.87. The summed E-state index contributed by atoms with van der Waals surface area (Å²) in [4.78, 5) is 11.3. The topological polar surface area (TPSA) is 38.3 Å². The lowest BCUT2D eigenvalue weighted by molar-refractivity contribution is -0.116. The van der Waals surface area contributed by atoms with Gasteiger partial charge in [-0.1, -0.05) is 12.1 Å². The van der Waals surface area contributed by atoms with E-state index in [2.05, 4.69) is 5.32 Å². The molecule has 1 N–H and O–H groups in total. The summed E-state index contributed by atoms with van der Waals surface area (Å²) in [6.07, 6.45) is 0.424. The Labute approximate surface area is 83.1 Å². The number of nitrogens with one attached hydrogen (secondary N) is 1. The minimum atomic E-state index is 0.0254. The van der Waals surface area contributed by atoms with Crippen molar-refractivity contribution in [2.24, 2.45) is 0 Å². The Kier molecular flexibility index (Phi) is 2.15. The van der Waals surface area contributed by atoms with Gasteiger partial charge in [-0.2, -0.15) is 0 Å². The molecule has 1 aliphatic rings. The molecule has 1 amide bonds. The van der Waals surface area contributed by atoms with Crippen LogP contribution in [0, 0.1) is 13.8 Å². The molecule has 0 saturated carbocycles. The third-order valence-corrected chi connectivity index (χ3v) is 2.40. The summed E-state index contributed by atoms with van der Waals surface area (Å²) in [6, 6.07) is 3.99. The van der Waals surface area contributed by atoms with E-state index in [0.717, 1.165) is 22.6 Å². The zero-order valence-corrected chi connectivity index (χ0v) is 8.39. The molecular weight excluding hydrogens is 178 g/mol. The Morgan fingerprint density at radius 1 is 1.29 bits per heavy atom. The van der Waals surface area contributed by atoms with Gasteiger partial charge in [-0.15, -0.1) is 0 Å². The lowest BCUT2D eigenvalue weighted by Crippen LogP contribution is -2.11. The molecule has 3 nitrogen and oxygen atoms in total. The van der Waals surface area contributed by atoms with E-state index >= 15 is 0 Å². The van der Waals surface area contributed by atoms with Crippen LogP contribution < -0.4 is 10.1 Å². The maximum Gasteiger partial charge on any atom is 0.227 e. The highest BCUT2D eigenvalue weighted by molar-refractivity contribution is 5.94. The number of hydrogen-bond acceptors (Lipinski definition) is 2. The molecule has 1 aromatic carbocycles. The molecule has 0 spiro atoms. The molecule has 1 heterocycles. The smallest absolute Gasteiger partial charge is 0.227 e. The highest BCUT2D eigenvalue weighted by Gasteiger charge is 2.16. The lowest BCUT2D eigenvalue weighted by atomic mass is 10.1. The standard InChI is InChI=1S/C11H13NO2/c1-7-3-4-8(2)11-10(7)12-9(13)5-6-14-11/h3-4H,5-6H2,1-2H3,(H,12,13). The van der Waals surface area contributed by atoms with Gasteiger partial charge in [-0.3, -0.25) is 4.79 Å². The third kappa shape index (κ3) is 1.45. The minimum absolute atomic E-state index is 0.0254. The van der Waals surface area contributed by atoms with Crippen LogP contribution in [-0.2, 0) is 4.79 Å². The number of aryl methyl sites for hydroxylation is 2. The quantitative estimate of drug-likeness (QED) is 0.681. The second-order valence-electron chi connectivity index (χ2n) is 3.55. The molecule has 2 rings (SSSR count). The maximum absolute atomic E-state index is 11.3. The van der Waals surface area contributed by atoms with E-state index in [-0.39, 0.29) is 5.91 Å². The molecular formula is C11H13NO2. The van der Waals surface area contributed by atoms with Gasteiger partial charge in [0.15, 0.2) is 0 Å². The molecule has 0 unspecified atom stereocenters. The molecule has 0 atom stereocenters. The normalized spacial score (nSPS) is 15.1. The summed E-state index contributed by atoms with van der Waals surface area (Å²) >= 11 is 0. The fourth-order valence-corrected chi connectivity index (χ4v) is 1.57. The van der Waals surface area contributed by atoms with Crippen LogP contribution in [0.4, 0.5) is 5.69 Å². The summed E-state index contributed by atoms with van der Waals surface area (Å²) in [6.45, 7) is 4.41. The van der Waals surface area contributed by atoms with Crippen molar-refractivity contribution in [2.75, 3.05) is 11.9 Å². The molecule has 0 bridgehead atoms. The molecule has 0 fully saturated rings. The molecule has 1 aliphatic heterocycles. The first kappa shape index (κ1) is 9.06. The fourth-order valence-electron chi connectivity index (χ4n) is 1.57. The SMILES string of the molecule is Cc1ccc(C)c2c1NC(=O)CCO2. The van der Waals surface area contributed by atoms with Crippen molar-refractivity contribution in [1.82, 2.24) is 0 Å². The van der Waals surface area contributed by atoms with Crippen LogP contribution in [0.1, 0.15) is 17.5 Å². The van der Waals surface area contributed by atoms with Gasteiger partial charge in [0.25, 0.3) is 0 Å². The van der Waals surface area contributed by atoms with Crippen molar-refractivity contribution < 1.29 is 9.53 Å². The van der Waals surface area contributed by atoms with Gasteiger partial charge < -0.3 is 10.1 Å². The molecule has 74 valence electrons. The molecule has 0 saturated heterocycles. The Morgan fingerprint density at radius 3 is 2.79 bits per heavy atom. The highest BCUT2D eigenvalue weighted by Crippen LogP contribution is 2.33. The van der Waals surface area contributed by atoms with Crippen LogP contribution in [0.2, 0.25) is 0 Å². The van der Waals surface area contributed by atoms with Gasteiger partial charge >= 0.3 is 0 Å². The number of carbonyl (C=O) groups is 1. The molecule has 0 aliphatic carbocycles. The maximum atomic E-state index is 11.3. The molecule has 0 aromatic heterocycles. The van der Waals surface area contributed by atoms with Crippen molar-refractivity contribution in [3.8, 4) is 5.75 Å². The lowest BCUT2D eigenvalue weighted by Gasteiger charge is -2.12. The second kappa shape index (κ2) is 3.33. The number of hydrogen-bond donors (Lipinski definition) is 1. The number of benzene rings is 1. The number of rotatable bonds is 0. The van der Waals surface area contributed by atoms with Crippen LogP contribution in [0.25, 0.3) is 0 Å². The number of anilines is 1. The molecule has 1 aromatic rings. The third-order valence-electron chi connectivity index (χ3n) is 2.40. The summed E-state index contributed by atoms with van der Waals surface area (Å²) in [5.41, 5.74) is 2.93. The highest BCUT2D eigenvalue weighted by atomic mass is 16.5. The molecule has 3 heteroatoms. The number of amides is 1. The molecule has 0 radical (unpaired) electrons. The van der Waals surface area contributed by atoms with Gasteiger partial charge in [-0.05, 0) is 25.0 Å². The molecule has 14 heavy (non-hydrogen) atoms. The van der Waals surface area contributed by atoms with Gasteiger partial charge in [-0.25, -0.2) is 0 Å². The van der Waals surface area contributed by atoms with E-state index in [1.165, 1.54) is 0 Å². The van der Waals surface area contributed by atoms with E-state index in [4.69, 9.17) is 4.74 Å². The van der Waals surface area contributed by atoms with Crippen molar-refractivity contribution in [1.29, 1.82) is 0 Å². The predicted octanol–water partition coefficient (Wildman–Crippen LogP) is 2.02. The largest absolute Gasteiger partial charge is 0.491 e. The fraction of sp³-hybridized carbons (Fsp3) is 0.364. The van der Waals surface area contributed by atoms with E-state index in [1.807, 2.05) is 26.0 Å². The van der Waals surface area contributed by atoms with Crippen molar-refractivity contribution >= 4 is 11.6 Å². The van der Waals surface area contributed by atoms with Gasteiger partial charge in [0.05, 0.1) is 18.7 Å². The Morgan fingerprint density at radius 2 is 2.00 bits per heavy atom. The first-order valence-electron chi connectivity index (χ1n) is 4.71. The zero-order valence-electron chi connectivity index (χ0n) is 8.39. The van der Waals surface area contributed by atoms with E-state index in [1.54, 1.807) is 0 Å². The van der Waals surface area contributed by atoms with Crippen LogP contribution in [0.15, 0.2) is 12.1 Å². The van der Waals surface area contributed by atoms with E-state index < -0.39 is 0 Å². The first-order valence-corrected chi connectivity index (χ1v) is 4.71. The van der Waals surface area contributed by atoms with Crippen LogP contribution in [0.3, 0.4) is 0 Å². The van der Waals surface area contributed by atoms with Gasteiger partial charge in [0, 0.05) is 0 Å². The summed E-state index contributed by atoms with van der Waals surface area (Å²) < 4.78 is 5.55. The predicted molar refractivity (Wildman–Crippen MR) is 54.7 cm³/mol. The van der Waals surface area contributed by atoms with Gasteiger partial charge in [0.2, 0.25) is 5.91 Å². The average molecular weight is 191 g/mol. The Hall–Kier alpha value is -1.51. The Balaban J connectivity index is 2.54. The summed E-state index contributed by atoms with van der Waals surface area (Å²) in [5.74, 6) is 0.841. The summed E-state index contributed by atoms with van der Waals surface area (Å²) in [7, 11) is 0. The van der Waals surface area contributed by atoms with Gasteiger partial charge in [0.1, 0.15) is 5.75 Å². The minimum Gasteiger partial charge on any atom is -0.491 e. The Bertz CT molecular complexity index is 385. The monoisotopic (exact) mass is 191 g/mol.